The fourth-order valence-electron chi connectivity index (χ4n) is 2.01. The van der Waals surface area contributed by atoms with Crippen LogP contribution >= 0.6 is 11.8 Å². The second-order valence-electron chi connectivity index (χ2n) is 4.87. The average molecular weight is 316 g/mol. The van der Waals surface area contributed by atoms with Gasteiger partial charge in [-0.2, -0.15) is 11.8 Å². The molecule has 0 amide bonds. The van der Waals surface area contributed by atoms with Crippen molar-refractivity contribution in [3.8, 4) is 0 Å². The van der Waals surface area contributed by atoms with Gasteiger partial charge in [-0.3, -0.25) is 9.78 Å². The first kappa shape index (κ1) is 16.3. The largest absolute Gasteiger partial charge is 0.397 e. The molecule has 0 radical (unpaired) electrons. The number of para-hydroxylation sites is 1. The summed E-state index contributed by atoms with van der Waals surface area (Å²) in [5.74, 6) is 0.635. The highest BCUT2D eigenvalue weighted by molar-refractivity contribution is 7.98. The van der Waals surface area contributed by atoms with Crippen molar-refractivity contribution in [2.45, 2.75) is 12.5 Å². The molecule has 0 saturated carbocycles. The molecule has 0 aliphatic carbocycles. The number of aromatic nitrogens is 1. The second kappa shape index (κ2) is 7.82. The minimum Gasteiger partial charge on any atom is -0.397 e. The van der Waals surface area contributed by atoms with E-state index >= 15 is 0 Å². The third-order valence-electron chi connectivity index (χ3n) is 3.23. The molecule has 0 bridgehead atoms. The highest BCUT2D eigenvalue weighted by atomic mass is 32.2. The van der Waals surface area contributed by atoms with Crippen LogP contribution in [-0.4, -0.2) is 28.8 Å². The molecule has 1 aromatic carbocycles. The number of Topliss-reactive ketones (excluding diaryl/α,β-unsaturated/α-hetero) is 1. The van der Waals surface area contributed by atoms with E-state index < -0.39 is 6.04 Å². The second-order valence-corrected chi connectivity index (χ2v) is 5.85. The summed E-state index contributed by atoms with van der Waals surface area (Å²) in [6.45, 7) is 0. The average Bonchev–Trinajstić information content (AvgIpc) is 2.54. The van der Waals surface area contributed by atoms with E-state index in [-0.39, 0.29) is 11.5 Å². The van der Waals surface area contributed by atoms with Gasteiger partial charge >= 0.3 is 0 Å². The van der Waals surface area contributed by atoms with Crippen molar-refractivity contribution < 1.29 is 4.79 Å². The van der Waals surface area contributed by atoms with Crippen LogP contribution in [0.4, 0.5) is 17.1 Å². The maximum Gasteiger partial charge on any atom is 0.200 e. The first-order valence-electron chi connectivity index (χ1n) is 6.98. The fourth-order valence-corrected chi connectivity index (χ4v) is 2.50. The number of carbonyl (C=O) groups is 1. The lowest BCUT2D eigenvalue weighted by Gasteiger charge is -2.15. The van der Waals surface area contributed by atoms with Gasteiger partial charge in [-0.1, -0.05) is 18.2 Å². The lowest BCUT2D eigenvalue weighted by molar-refractivity contribution is 0.0956. The molecular weight excluding hydrogens is 296 g/mol. The Kier molecular flexibility index (Phi) is 5.80. The molecule has 2 rings (SSSR count). The summed E-state index contributed by atoms with van der Waals surface area (Å²) in [4.78, 5) is 16.7. The molecule has 0 saturated heterocycles. The molecule has 0 aliphatic rings. The van der Waals surface area contributed by atoms with Gasteiger partial charge in [0.25, 0.3) is 0 Å². The SMILES string of the molecule is CSCCC(N)C(=O)c1nccc(N)c1Nc1ccccc1. The van der Waals surface area contributed by atoms with E-state index in [1.54, 1.807) is 17.8 Å². The Labute approximate surface area is 134 Å². The summed E-state index contributed by atoms with van der Waals surface area (Å²) < 4.78 is 0. The minimum absolute atomic E-state index is 0.195. The van der Waals surface area contributed by atoms with Crippen LogP contribution in [0.1, 0.15) is 16.9 Å². The number of ketones is 1. The minimum atomic E-state index is -0.571. The van der Waals surface area contributed by atoms with Crippen molar-refractivity contribution in [1.29, 1.82) is 0 Å². The van der Waals surface area contributed by atoms with Gasteiger partial charge in [0, 0.05) is 11.9 Å². The first-order chi connectivity index (χ1) is 10.6. The number of benzene rings is 1. The van der Waals surface area contributed by atoms with E-state index in [0.29, 0.717) is 17.8 Å². The summed E-state index contributed by atoms with van der Waals surface area (Å²) in [6, 6.07) is 10.6. The van der Waals surface area contributed by atoms with E-state index in [9.17, 15) is 4.79 Å². The number of carbonyl (C=O) groups excluding carboxylic acids is 1. The first-order valence-corrected chi connectivity index (χ1v) is 8.38. The van der Waals surface area contributed by atoms with Crippen molar-refractivity contribution in [2.75, 3.05) is 23.1 Å². The number of nitrogen functional groups attached to an aromatic ring is 1. The van der Waals surface area contributed by atoms with Crippen LogP contribution in [0.2, 0.25) is 0 Å². The molecule has 116 valence electrons. The molecule has 1 aromatic heterocycles. The van der Waals surface area contributed by atoms with Crippen molar-refractivity contribution in [2.24, 2.45) is 5.73 Å². The number of hydrogen-bond donors (Lipinski definition) is 3. The zero-order valence-electron chi connectivity index (χ0n) is 12.5. The topological polar surface area (TPSA) is 94.0 Å². The number of thioether (sulfide) groups is 1. The van der Waals surface area contributed by atoms with Crippen molar-refractivity contribution in [1.82, 2.24) is 4.98 Å². The molecule has 6 heteroatoms. The third kappa shape index (κ3) is 3.99. The lowest BCUT2D eigenvalue weighted by Crippen LogP contribution is -2.32. The maximum atomic E-state index is 12.5. The molecular formula is C16H20N4OS. The number of hydrogen-bond acceptors (Lipinski definition) is 6. The van der Waals surface area contributed by atoms with Gasteiger partial charge in [0.15, 0.2) is 5.78 Å². The quantitative estimate of drug-likeness (QED) is 0.680. The van der Waals surface area contributed by atoms with Crippen LogP contribution in [-0.2, 0) is 0 Å². The van der Waals surface area contributed by atoms with Gasteiger partial charge < -0.3 is 16.8 Å². The third-order valence-corrected chi connectivity index (χ3v) is 3.87. The van der Waals surface area contributed by atoms with Crippen LogP contribution in [0.15, 0.2) is 42.6 Å². The summed E-state index contributed by atoms with van der Waals surface area (Å²) in [5.41, 5.74) is 14.1. The van der Waals surface area contributed by atoms with Crippen LogP contribution in [0.5, 0.6) is 0 Å². The number of anilines is 3. The molecule has 0 fully saturated rings. The molecule has 5 nitrogen and oxygen atoms in total. The van der Waals surface area contributed by atoms with E-state index in [1.807, 2.05) is 36.6 Å². The Bertz CT molecular complexity index is 633. The maximum absolute atomic E-state index is 12.5. The Morgan fingerprint density at radius 1 is 1.32 bits per heavy atom. The van der Waals surface area contributed by atoms with Crippen LogP contribution in [0, 0.1) is 0 Å². The predicted molar refractivity (Wildman–Crippen MR) is 93.7 cm³/mol. The van der Waals surface area contributed by atoms with Gasteiger partial charge in [0.05, 0.1) is 17.4 Å². The van der Waals surface area contributed by atoms with Gasteiger partial charge in [-0.15, -0.1) is 0 Å². The number of rotatable bonds is 7. The molecule has 5 N–H and O–H groups in total. The van der Waals surface area contributed by atoms with Gasteiger partial charge in [-0.25, -0.2) is 0 Å². The Balaban J connectivity index is 2.28. The van der Waals surface area contributed by atoms with Crippen LogP contribution < -0.4 is 16.8 Å². The summed E-state index contributed by atoms with van der Waals surface area (Å²) in [5, 5.41) is 3.16. The van der Waals surface area contributed by atoms with Crippen LogP contribution in [0.3, 0.4) is 0 Å². The molecule has 2 aromatic rings. The number of pyridine rings is 1. The van der Waals surface area contributed by atoms with Crippen molar-refractivity contribution in [3.63, 3.8) is 0 Å². The fraction of sp³-hybridized carbons (Fsp3) is 0.250. The van der Waals surface area contributed by atoms with Crippen LogP contribution in [0.25, 0.3) is 0 Å². The standard InChI is InChI=1S/C16H20N4OS/c1-22-10-8-13(18)16(21)15-14(12(17)7-9-19-15)20-11-5-3-2-4-6-11/h2-7,9,13,20H,8,10,18H2,1H3,(H2,17,19). The van der Waals surface area contributed by atoms with E-state index in [0.717, 1.165) is 11.4 Å². The molecule has 1 atom stereocenters. The molecule has 0 aliphatic heterocycles. The highest BCUT2D eigenvalue weighted by Crippen LogP contribution is 2.26. The molecule has 22 heavy (non-hydrogen) atoms. The monoisotopic (exact) mass is 316 g/mol. The molecule has 1 heterocycles. The van der Waals surface area contributed by atoms with Gasteiger partial charge in [-0.05, 0) is 36.6 Å². The molecule has 1 unspecified atom stereocenters. The van der Waals surface area contributed by atoms with E-state index in [1.165, 1.54) is 6.20 Å². The smallest absolute Gasteiger partial charge is 0.200 e. The normalized spacial score (nSPS) is 11.9. The van der Waals surface area contributed by atoms with E-state index in [4.69, 9.17) is 11.5 Å². The number of nitrogens with two attached hydrogens (primary N) is 2. The zero-order valence-corrected chi connectivity index (χ0v) is 13.3. The zero-order chi connectivity index (χ0) is 15.9. The van der Waals surface area contributed by atoms with Gasteiger partial charge in [0.2, 0.25) is 0 Å². The Morgan fingerprint density at radius 3 is 2.73 bits per heavy atom. The van der Waals surface area contributed by atoms with Crippen molar-refractivity contribution >= 4 is 34.6 Å². The highest BCUT2D eigenvalue weighted by Gasteiger charge is 2.21. The predicted octanol–water partition coefficient (Wildman–Crippen LogP) is 2.67. The molecule has 0 spiro atoms. The summed E-state index contributed by atoms with van der Waals surface area (Å²) in [6.07, 6.45) is 4.12. The number of nitrogens with zero attached hydrogens (tertiary/aromatic N) is 1. The lowest BCUT2D eigenvalue weighted by atomic mass is 10.1. The Morgan fingerprint density at radius 2 is 2.05 bits per heavy atom. The van der Waals surface area contributed by atoms with Crippen molar-refractivity contribution in [3.05, 3.63) is 48.3 Å². The van der Waals surface area contributed by atoms with Gasteiger partial charge in [0.1, 0.15) is 5.69 Å². The Hall–Kier alpha value is -2.05. The summed E-state index contributed by atoms with van der Waals surface area (Å²) in [7, 11) is 0. The van der Waals surface area contributed by atoms with E-state index in [2.05, 4.69) is 10.3 Å². The number of nitrogens with one attached hydrogen (secondary N) is 1. The summed E-state index contributed by atoms with van der Waals surface area (Å²) >= 11 is 1.66.